The topological polar surface area (TPSA) is 88.3 Å². The van der Waals surface area contributed by atoms with E-state index in [1.54, 1.807) is 4.68 Å². The van der Waals surface area contributed by atoms with Gasteiger partial charge in [0.25, 0.3) is 5.91 Å². The number of aryl methyl sites for hydroxylation is 2. The highest BCUT2D eigenvalue weighted by molar-refractivity contribution is 7.13. The van der Waals surface area contributed by atoms with Crippen LogP contribution in [0.4, 0.5) is 0 Å². The second kappa shape index (κ2) is 6.35. The average molecular weight is 348 g/mol. The van der Waals surface area contributed by atoms with Gasteiger partial charge in [-0.1, -0.05) is 0 Å². The van der Waals surface area contributed by atoms with Crippen LogP contribution in [0.1, 0.15) is 55.2 Å². The number of rotatable bonds is 3. The van der Waals surface area contributed by atoms with Crippen molar-refractivity contribution in [2.75, 3.05) is 13.1 Å². The number of nitrogens with zero attached hydrogens (tertiary/aromatic N) is 4. The maximum absolute atomic E-state index is 12.8. The van der Waals surface area contributed by atoms with Crippen LogP contribution in [-0.4, -0.2) is 49.7 Å². The molecule has 8 heteroatoms. The highest BCUT2D eigenvalue weighted by Crippen LogP contribution is 2.31. The van der Waals surface area contributed by atoms with Crippen LogP contribution in [0.25, 0.3) is 0 Å². The van der Waals surface area contributed by atoms with Gasteiger partial charge < -0.3 is 10.0 Å². The summed E-state index contributed by atoms with van der Waals surface area (Å²) in [5, 5.41) is 14.2. The van der Waals surface area contributed by atoms with Crippen LogP contribution < -0.4 is 0 Å². The lowest BCUT2D eigenvalue weighted by molar-refractivity contribution is 0.0696. The lowest BCUT2D eigenvalue weighted by Gasteiger charge is -2.31. The molecular formula is C16H20N4O3S. The maximum atomic E-state index is 12.8. The predicted octanol–water partition coefficient (Wildman–Crippen LogP) is 2.21. The Morgan fingerprint density at radius 1 is 1.29 bits per heavy atom. The largest absolute Gasteiger partial charge is 0.477 e. The summed E-state index contributed by atoms with van der Waals surface area (Å²) in [6, 6.07) is 0. The summed E-state index contributed by atoms with van der Waals surface area (Å²) in [7, 11) is 1.84. The van der Waals surface area contributed by atoms with E-state index in [2.05, 4.69) is 10.1 Å². The number of hydrogen-bond donors (Lipinski definition) is 1. The highest BCUT2D eigenvalue weighted by atomic mass is 32.1. The van der Waals surface area contributed by atoms with E-state index in [1.807, 2.05) is 25.8 Å². The van der Waals surface area contributed by atoms with Crippen molar-refractivity contribution in [2.45, 2.75) is 32.6 Å². The Morgan fingerprint density at radius 2 is 1.96 bits per heavy atom. The summed E-state index contributed by atoms with van der Waals surface area (Å²) >= 11 is 1.23. The number of carbonyl (C=O) groups is 2. The van der Waals surface area contributed by atoms with Crippen LogP contribution in [-0.2, 0) is 7.05 Å². The summed E-state index contributed by atoms with van der Waals surface area (Å²) in [4.78, 5) is 30.1. The minimum atomic E-state index is -0.936. The molecule has 0 spiro atoms. The van der Waals surface area contributed by atoms with Crippen molar-refractivity contribution in [3.05, 3.63) is 33.0 Å². The molecular weight excluding hydrogens is 328 g/mol. The zero-order chi connectivity index (χ0) is 17.4. The van der Waals surface area contributed by atoms with Gasteiger partial charge in [-0.15, -0.1) is 11.3 Å². The molecule has 0 aliphatic carbocycles. The van der Waals surface area contributed by atoms with Crippen molar-refractivity contribution in [1.29, 1.82) is 0 Å². The van der Waals surface area contributed by atoms with Gasteiger partial charge in [-0.2, -0.15) is 5.10 Å². The van der Waals surface area contributed by atoms with E-state index >= 15 is 0 Å². The molecule has 3 rings (SSSR count). The van der Waals surface area contributed by atoms with Gasteiger partial charge in [-0.05, 0) is 26.7 Å². The molecule has 0 radical (unpaired) electrons. The van der Waals surface area contributed by atoms with Crippen molar-refractivity contribution in [3.63, 3.8) is 0 Å². The van der Waals surface area contributed by atoms with Gasteiger partial charge in [0.15, 0.2) is 0 Å². The number of carboxylic acid groups (broad SMARTS) is 1. The van der Waals surface area contributed by atoms with Gasteiger partial charge in [0.1, 0.15) is 4.88 Å². The lowest BCUT2D eigenvalue weighted by Crippen LogP contribution is -2.38. The van der Waals surface area contributed by atoms with Gasteiger partial charge in [0.05, 0.1) is 22.5 Å². The minimum Gasteiger partial charge on any atom is -0.477 e. The third-order valence-electron chi connectivity index (χ3n) is 4.59. The maximum Gasteiger partial charge on any atom is 0.347 e. The monoisotopic (exact) mass is 348 g/mol. The van der Waals surface area contributed by atoms with Crippen molar-refractivity contribution in [2.24, 2.45) is 7.05 Å². The predicted molar refractivity (Wildman–Crippen MR) is 89.6 cm³/mol. The molecule has 2 aromatic heterocycles. The fourth-order valence-corrected chi connectivity index (χ4v) is 4.07. The highest BCUT2D eigenvalue weighted by Gasteiger charge is 2.29. The van der Waals surface area contributed by atoms with Crippen molar-refractivity contribution < 1.29 is 14.7 Å². The molecule has 1 aliphatic rings. The molecule has 3 heterocycles. The van der Waals surface area contributed by atoms with E-state index in [0.717, 1.165) is 29.2 Å². The summed E-state index contributed by atoms with van der Waals surface area (Å²) in [6.07, 6.45) is 3.02. The number of piperidine rings is 1. The normalized spacial score (nSPS) is 15.7. The van der Waals surface area contributed by atoms with Crippen molar-refractivity contribution in [1.82, 2.24) is 19.7 Å². The molecule has 0 aromatic carbocycles. The smallest absolute Gasteiger partial charge is 0.347 e. The van der Waals surface area contributed by atoms with Gasteiger partial charge in [0.2, 0.25) is 0 Å². The Kier molecular flexibility index (Phi) is 4.40. The second-order valence-corrected chi connectivity index (χ2v) is 7.17. The molecule has 1 aliphatic heterocycles. The fourth-order valence-electron chi connectivity index (χ4n) is 3.15. The van der Waals surface area contributed by atoms with Gasteiger partial charge in [-0.25, -0.2) is 9.78 Å². The molecule has 128 valence electrons. The van der Waals surface area contributed by atoms with E-state index in [0.29, 0.717) is 18.7 Å². The molecule has 2 aromatic rings. The van der Waals surface area contributed by atoms with Crippen LogP contribution in [0.2, 0.25) is 0 Å². The first-order valence-electron chi connectivity index (χ1n) is 7.87. The molecule has 7 nitrogen and oxygen atoms in total. The summed E-state index contributed by atoms with van der Waals surface area (Å²) in [6.45, 7) is 5.07. The Hall–Kier alpha value is -2.22. The van der Waals surface area contributed by atoms with Crippen LogP contribution in [0.5, 0.6) is 0 Å². The van der Waals surface area contributed by atoms with Gasteiger partial charge in [-0.3, -0.25) is 9.48 Å². The van der Waals surface area contributed by atoms with Crippen LogP contribution >= 0.6 is 11.3 Å². The number of aromatic nitrogens is 3. The molecule has 0 saturated carbocycles. The zero-order valence-corrected chi connectivity index (χ0v) is 14.8. The number of carbonyl (C=O) groups excluding carboxylic acids is 1. The molecule has 1 N–H and O–H groups in total. The average Bonchev–Trinajstić information content (AvgIpc) is 3.13. The SMILES string of the molecule is Cc1nn(C)c(C)c1C(=O)N1CCC(c2ncc(C(=O)O)s2)CC1. The molecule has 1 amide bonds. The van der Waals surface area contributed by atoms with E-state index < -0.39 is 5.97 Å². The van der Waals surface area contributed by atoms with E-state index in [9.17, 15) is 9.59 Å². The molecule has 0 bridgehead atoms. The minimum absolute atomic E-state index is 0.0295. The quantitative estimate of drug-likeness (QED) is 0.919. The first-order chi connectivity index (χ1) is 11.4. The summed E-state index contributed by atoms with van der Waals surface area (Å²) in [5.74, 6) is -0.681. The van der Waals surface area contributed by atoms with Crippen LogP contribution in [0.3, 0.4) is 0 Å². The summed E-state index contributed by atoms with van der Waals surface area (Å²) < 4.78 is 1.73. The van der Waals surface area contributed by atoms with E-state index in [4.69, 9.17) is 5.11 Å². The number of carboxylic acids is 1. The number of thiazole rings is 1. The first kappa shape index (κ1) is 16.6. The number of aromatic carboxylic acids is 1. The Balaban J connectivity index is 1.68. The first-order valence-corrected chi connectivity index (χ1v) is 8.68. The van der Waals surface area contributed by atoms with Gasteiger partial charge in [0, 0.05) is 31.7 Å². The van der Waals surface area contributed by atoms with Crippen molar-refractivity contribution in [3.8, 4) is 0 Å². The Morgan fingerprint density at radius 3 is 2.46 bits per heavy atom. The van der Waals surface area contributed by atoms with Crippen LogP contribution in [0.15, 0.2) is 6.20 Å². The molecule has 0 unspecified atom stereocenters. The zero-order valence-electron chi connectivity index (χ0n) is 13.9. The fraction of sp³-hybridized carbons (Fsp3) is 0.500. The molecule has 24 heavy (non-hydrogen) atoms. The molecule has 1 fully saturated rings. The standard InChI is InChI=1S/C16H20N4O3S/c1-9-13(10(2)19(3)18-9)15(21)20-6-4-11(5-7-20)14-17-8-12(24-14)16(22)23/h8,11H,4-7H2,1-3H3,(H,22,23). The van der Waals surface area contributed by atoms with Crippen molar-refractivity contribution >= 4 is 23.2 Å². The van der Waals surface area contributed by atoms with E-state index in [-0.39, 0.29) is 16.7 Å². The molecule has 1 saturated heterocycles. The third-order valence-corrected chi connectivity index (χ3v) is 5.74. The molecule has 0 atom stereocenters. The summed E-state index contributed by atoms with van der Waals surface area (Å²) in [5.41, 5.74) is 2.33. The van der Waals surface area contributed by atoms with Gasteiger partial charge >= 0.3 is 5.97 Å². The Bertz CT molecular complexity index is 787. The van der Waals surface area contributed by atoms with Crippen LogP contribution in [0, 0.1) is 13.8 Å². The number of amides is 1. The van der Waals surface area contributed by atoms with E-state index in [1.165, 1.54) is 17.5 Å². The third kappa shape index (κ3) is 2.93. The second-order valence-electron chi connectivity index (χ2n) is 6.10. The lowest BCUT2D eigenvalue weighted by atomic mass is 9.97. The number of likely N-dealkylation sites (tertiary alicyclic amines) is 1. The number of hydrogen-bond acceptors (Lipinski definition) is 5. The Labute approximate surface area is 143 Å².